The average Bonchev–Trinajstić information content (AvgIpc) is 2.29. The number of hydrogen-bond acceptors (Lipinski definition) is 4. The zero-order valence-electron chi connectivity index (χ0n) is 8.57. The summed E-state index contributed by atoms with van der Waals surface area (Å²) in [5.41, 5.74) is 0.976. The zero-order chi connectivity index (χ0) is 10.7. The maximum atomic E-state index is 5.93. The Balaban J connectivity index is 2.22. The van der Waals surface area contributed by atoms with Crippen molar-refractivity contribution in [2.75, 3.05) is 18.1 Å². The molecule has 15 heavy (non-hydrogen) atoms. The molecule has 2 heterocycles. The number of aromatic nitrogens is 2. The van der Waals surface area contributed by atoms with Gasteiger partial charge in [0.2, 0.25) is 0 Å². The molecule has 0 radical (unpaired) electrons. The van der Waals surface area contributed by atoms with Crippen LogP contribution in [0.1, 0.15) is 24.5 Å². The van der Waals surface area contributed by atoms with Gasteiger partial charge in [-0.1, -0.05) is 18.5 Å². The topological polar surface area (TPSA) is 35.0 Å². The van der Waals surface area contributed by atoms with Gasteiger partial charge in [-0.25, -0.2) is 9.97 Å². The van der Waals surface area contributed by atoms with Gasteiger partial charge in [0.15, 0.2) is 5.82 Å². The third kappa shape index (κ3) is 2.83. The lowest BCUT2D eigenvalue weighted by Gasteiger charge is -2.21. The first-order chi connectivity index (χ1) is 7.29. The fraction of sp³-hybridized carbons (Fsp3) is 0.600. The maximum Gasteiger partial charge on any atom is 0.159 e. The number of ether oxygens (including phenoxy) is 1. The van der Waals surface area contributed by atoms with E-state index in [-0.39, 0.29) is 6.10 Å². The lowest BCUT2D eigenvalue weighted by molar-refractivity contribution is 0.0693. The van der Waals surface area contributed by atoms with Crippen molar-refractivity contribution in [2.24, 2.45) is 0 Å². The molecule has 0 N–H and O–H groups in total. The summed E-state index contributed by atoms with van der Waals surface area (Å²) in [5, 5.41) is 0.510. The van der Waals surface area contributed by atoms with Crippen molar-refractivity contribution >= 4 is 23.4 Å². The molecule has 0 bridgehead atoms. The van der Waals surface area contributed by atoms with Crippen LogP contribution >= 0.6 is 23.4 Å². The lowest BCUT2D eigenvalue weighted by atomic mass is 10.3. The maximum absolute atomic E-state index is 5.93. The molecule has 82 valence electrons. The normalized spacial score (nSPS) is 21.6. The Kier molecular flexibility index (Phi) is 3.83. The minimum Gasteiger partial charge on any atom is -0.368 e. The first-order valence-electron chi connectivity index (χ1n) is 5.02. The monoisotopic (exact) mass is 244 g/mol. The van der Waals surface area contributed by atoms with E-state index in [4.69, 9.17) is 16.3 Å². The van der Waals surface area contributed by atoms with Crippen LogP contribution in [0.4, 0.5) is 0 Å². The summed E-state index contributed by atoms with van der Waals surface area (Å²) in [6.07, 6.45) is 0.877. The second-order valence-electron chi connectivity index (χ2n) is 3.33. The second kappa shape index (κ2) is 5.14. The van der Waals surface area contributed by atoms with Crippen molar-refractivity contribution in [3.05, 3.63) is 22.7 Å². The van der Waals surface area contributed by atoms with Gasteiger partial charge in [-0.2, -0.15) is 11.8 Å². The van der Waals surface area contributed by atoms with E-state index in [1.54, 1.807) is 6.07 Å². The van der Waals surface area contributed by atoms with Crippen LogP contribution in [0.2, 0.25) is 5.15 Å². The highest BCUT2D eigenvalue weighted by Gasteiger charge is 2.19. The van der Waals surface area contributed by atoms with E-state index >= 15 is 0 Å². The summed E-state index contributed by atoms with van der Waals surface area (Å²) in [5.74, 6) is 2.70. The summed E-state index contributed by atoms with van der Waals surface area (Å²) in [6.45, 7) is 2.82. The highest BCUT2D eigenvalue weighted by Crippen LogP contribution is 2.25. The van der Waals surface area contributed by atoms with Crippen molar-refractivity contribution in [1.82, 2.24) is 9.97 Å². The molecule has 1 aliphatic rings. The van der Waals surface area contributed by atoms with Gasteiger partial charge in [-0.15, -0.1) is 0 Å². The van der Waals surface area contributed by atoms with Gasteiger partial charge in [-0.05, 0) is 12.5 Å². The van der Waals surface area contributed by atoms with Crippen LogP contribution in [-0.2, 0) is 11.2 Å². The summed E-state index contributed by atoms with van der Waals surface area (Å²) in [6, 6.07) is 1.81. The summed E-state index contributed by atoms with van der Waals surface area (Å²) >= 11 is 7.80. The van der Waals surface area contributed by atoms with Crippen LogP contribution < -0.4 is 0 Å². The van der Waals surface area contributed by atoms with Crippen molar-refractivity contribution in [3.63, 3.8) is 0 Å². The molecule has 0 saturated carbocycles. The number of nitrogens with zero attached hydrogens (tertiary/aromatic N) is 2. The number of aryl methyl sites for hydroxylation is 1. The quantitative estimate of drug-likeness (QED) is 0.749. The SMILES string of the molecule is CCc1cc(Cl)nc(C2CSCCO2)n1. The molecule has 0 aliphatic carbocycles. The van der Waals surface area contributed by atoms with Gasteiger partial charge >= 0.3 is 0 Å². The molecule has 0 aromatic carbocycles. The van der Waals surface area contributed by atoms with Gasteiger partial charge in [-0.3, -0.25) is 0 Å². The zero-order valence-corrected chi connectivity index (χ0v) is 10.1. The molecule has 2 rings (SSSR count). The van der Waals surface area contributed by atoms with Crippen molar-refractivity contribution in [3.8, 4) is 0 Å². The predicted octanol–water partition coefficient (Wildman–Crippen LogP) is 2.50. The average molecular weight is 245 g/mol. The highest BCUT2D eigenvalue weighted by atomic mass is 35.5. The Hall–Kier alpha value is -0.320. The minimum atomic E-state index is 0.00718. The molecule has 1 aromatic rings. The van der Waals surface area contributed by atoms with E-state index in [1.807, 2.05) is 11.8 Å². The van der Waals surface area contributed by atoms with Crippen molar-refractivity contribution < 1.29 is 4.74 Å². The van der Waals surface area contributed by atoms with E-state index in [0.717, 1.165) is 36.1 Å². The number of rotatable bonds is 2. The van der Waals surface area contributed by atoms with Gasteiger partial charge in [0.05, 0.1) is 6.61 Å². The Bertz CT molecular complexity index is 342. The van der Waals surface area contributed by atoms with Crippen LogP contribution in [0.25, 0.3) is 0 Å². The van der Waals surface area contributed by atoms with Gasteiger partial charge in [0, 0.05) is 17.2 Å². The number of hydrogen-bond donors (Lipinski definition) is 0. The number of halogens is 1. The van der Waals surface area contributed by atoms with Gasteiger partial charge < -0.3 is 4.74 Å². The predicted molar refractivity (Wildman–Crippen MR) is 62.4 cm³/mol. The van der Waals surface area contributed by atoms with Crippen LogP contribution in [0.5, 0.6) is 0 Å². The van der Waals surface area contributed by atoms with Crippen molar-refractivity contribution in [1.29, 1.82) is 0 Å². The van der Waals surface area contributed by atoms with Gasteiger partial charge in [0.1, 0.15) is 11.3 Å². The van der Waals surface area contributed by atoms with Crippen LogP contribution in [0.3, 0.4) is 0 Å². The lowest BCUT2D eigenvalue weighted by Crippen LogP contribution is -2.18. The largest absolute Gasteiger partial charge is 0.368 e. The molecule has 1 aliphatic heterocycles. The molecule has 0 spiro atoms. The smallest absolute Gasteiger partial charge is 0.159 e. The molecule has 3 nitrogen and oxygen atoms in total. The molecule has 1 aromatic heterocycles. The van der Waals surface area contributed by atoms with Crippen LogP contribution in [0, 0.1) is 0 Å². The number of thioether (sulfide) groups is 1. The molecule has 1 unspecified atom stereocenters. The molecular weight excluding hydrogens is 232 g/mol. The minimum absolute atomic E-state index is 0.00718. The Labute approximate surface area is 98.6 Å². The fourth-order valence-corrected chi connectivity index (χ4v) is 2.50. The van der Waals surface area contributed by atoms with Crippen LogP contribution in [0.15, 0.2) is 6.07 Å². The third-order valence-corrected chi connectivity index (χ3v) is 3.42. The molecule has 1 atom stereocenters. The Morgan fingerprint density at radius 1 is 1.60 bits per heavy atom. The first-order valence-corrected chi connectivity index (χ1v) is 6.55. The molecule has 0 amide bonds. The van der Waals surface area contributed by atoms with Gasteiger partial charge in [0.25, 0.3) is 0 Å². The van der Waals surface area contributed by atoms with Crippen molar-refractivity contribution in [2.45, 2.75) is 19.4 Å². The molecule has 5 heteroatoms. The van der Waals surface area contributed by atoms with Crippen LogP contribution in [-0.4, -0.2) is 28.1 Å². The Morgan fingerprint density at radius 3 is 3.13 bits per heavy atom. The highest BCUT2D eigenvalue weighted by molar-refractivity contribution is 7.99. The second-order valence-corrected chi connectivity index (χ2v) is 4.87. The Morgan fingerprint density at radius 2 is 2.47 bits per heavy atom. The summed E-state index contributed by atoms with van der Waals surface area (Å²) < 4.78 is 5.61. The first kappa shape index (κ1) is 11.2. The van der Waals surface area contributed by atoms with E-state index in [2.05, 4.69) is 16.9 Å². The summed E-state index contributed by atoms with van der Waals surface area (Å²) in [4.78, 5) is 8.66. The van der Waals surface area contributed by atoms with E-state index in [0.29, 0.717) is 5.15 Å². The van der Waals surface area contributed by atoms with E-state index in [9.17, 15) is 0 Å². The van der Waals surface area contributed by atoms with E-state index in [1.165, 1.54) is 0 Å². The standard InChI is InChI=1S/C10H13ClN2OS/c1-2-7-5-9(11)13-10(12-7)8-6-15-4-3-14-8/h5,8H,2-4,6H2,1H3. The third-order valence-electron chi connectivity index (χ3n) is 2.23. The molecule has 1 fully saturated rings. The summed E-state index contributed by atoms with van der Waals surface area (Å²) in [7, 11) is 0. The molecular formula is C10H13ClN2OS. The van der Waals surface area contributed by atoms with E-state index < -0.39 is 0 Å². The fourth-order valence-electron chi connectivity index (χ4n) is 1.45. The molecule has 1 saturated heterocycles.